The molecule has 0 spiro atoms. The van der Waals surface area contributed by atoms with E-state index in [9.17, 15) is 0 Å². The van der Waals surface area contributed by atoms with Gasteiger partial charge in [0.15, 0.2) is 6.29 Å². The van der Waals surface area contributed by atoms with Gasteiger partial charge in [0.1, 0.15) is 0 Å². The molecule has 0 aliphatic heterocycles. The van der Waals surface area contributed by atoms with Crippen molar-refractivity contribution in [3.63, 3.8) is 0 Å². The Morgan fingerprint density at radius 2 is 1.40 bits per heavy atom. The Balaban J connectivity index is 3.83. The van der Waals surface area contributed by atoms with Crippen molar-refractivity contribution in [2.45, 2.75) is 40.4 Å². The molecular formula is C13H24O2. The first-order chi connectivity index (χ1) is 7.20. The van der Waals surface area contributed by atoms with Gasteiger partial charge >= 0.3 is 0 Å². The first-order valence-corrected chi connectivity index (χ1v) is 5.66. The molecule has 0 N–H and O–H groups in total. The lowest BCUT2D eigenvalue weighted by Gasteiger charge is -2.18. The molecule has 2 nitrogen and oxygen atoms in total. The zero-order valence-corrected chi connectivity index (χ0v) is 10.4. The first-order valence-electron chi connectivity index (χ1n) is 5.66. The topological polar surface area (TPSA) is 18.5 Å². The summed E-state index contributed by atoms with van der Waals surface area (Å²) in [6, 6.07) is 0. The Morgan fingerprint density at radius 1 is 0.933 bits per heavy atom. The van der Waals surface area contributed by atoms with Crippen LogP contribution in [-0.2, 0) is 9.47 Å². The predicted molar refractivity (Wildman–Crippen MR) is 64.8 cm³/mol. The quantitative estimate of drug-likeness (QED) is 0.452. The van der Waals surface area contributed by atoms with Crippen molar-refractivity contribution in [2.24, 2.45) is 5.92 Å². The standard InChI is InChI=1S/C13H24O2/c1-5-7-9-14-13(11-12(3)4)15-10-8-6-2/h5-8,12-13H,9-11H2,1-4H3. The second kappa shape index (κ2) is 9.94. The minimum Gasteiger partial charge on any atom is -0.349 e. The maximum Gasteiger partial charge on any atom is 0.158 e. The summed E-state index contributed by atoms with van der Waals surface area (Å²) in [6.07, 6.45) is 8.81. The molecule has 0 aliphatic carbocycles. The van der Waals surface area contributed by atoms with Gasteiger partial charge in [-0.3, -0.25) is 0 Å². The molecule has 0 bridgehead atoms. The Morgan fingerprint density at radius 3 is 1.73 bits per heavy atom. The summed E-state index contributed by atoms with van der Waals surface area (Å²) in [7, 11) is 0. The van der Waals surface area contributed by atoms with E-state index in [2.05, 4.69) is 13.8 Å². The van der Waals surface area contributed by atoms with Crippen LogP contribution in [0.4, 0.5) is 0 Å². The van der Waals surface area contributed by atoms with Crippen molar-refractivity contribution in [1.82, 2.24) is 0 Å². The number of ether oxygens (including phenoxy) is 2. The summed E-state index contributed by atoms with van der Waals surface area (Å²) < 4.78 is 11.2. The maximum absolute atomic E-state index is 5.60. The largest absolute Gasteiger partial charge is 0.349 e. The fourth-order valence-electron chi connectivity index (χ4n) is 1.09. The van der Waals surface area contributed by atoms with E-state index in [0.717, 1.165) is 6.42 Å². The number of hydrogen-bond donors (Lipinski definition) is 0. The number of rotatable bonds is 8. The molecule has 0 fully saturated rings. The van der Waals surface area contributed by atoms with Crippen LogP contribution in [0.15, 0.2) is 24.3 Å². The van der Waals surface area contributed by atoms with Crippen molar-refractivity contribution in [1.29, 1.82) is 0 Å². The minimum atomic E-state index is -0.0857. The highest BCUT2D eigenvalue weighted by Crippen LogP contribution is 2.09. The van der Waals surface area contributed by atoms with E-state index < -0.39 is 0 Å². The van der Waals surface area contributed by atoms with Crippen LogP contribution in [0.1, 0.15) is 34.1 Å². The van der Waals surface area contributed by atoms with E-state index in [1.54, 1.807) is 0 Å². The van der Waals surface area contributed by atoms with Crippen LogP contribution in [0.25, 0.3) is 0 Å². The summed E-state index contributed by atoms with van der Waals surface area (Å²) in [6.45, 7) is 9.58. The van der Waals surface area contributed by atoms with E-state index in [-0.39, 0.29) is 6.29 Å². The van der Waals surface area contributed by atoms with Gasteiger partial charge < -0.3 is 9.47 Å². The zero-order chi connectivity index (χ0) is 11.5. The Bertz CT molecular complexity index is 167. The zero-order valence-electron chi connectivity index (χ0n) is 10.4. The van der Waals surface area contributed by atoms with E-state index >= 15 is 0 Å². The van der Waals surface area contributed by atoms with E-state index in [1.807, 2.05) is 38.2 Å². The lowest BCUT2D eigenvalue weighted by atomic mass is 10.1. The van der Waals surface area contributed by atoms with Gasteiger partial charge in [0.25, 0.3) is 0 Å². The molecule has 0 rings (SSSR count). The normalized spacial score (nSPS) is 14.5. The lowest BCUT2D eigenvalue weighted by Crippen LogP contribution is -2.19. The third-order valence-corrected chi connectivity index (χ3v) is 1.89. The average Bonchev–Trinajstić information content (AvgIpc) is 2.17. The molecule has 0 aromatic carbocycles. The van der Waals surface area contributed by atoms with Crippen molar-refractivity contribution in [3.05, 3.63) is 24.3 Å². The van der Waals surface area contributed by atoms with Crippen molar-refractivity contribution < 1.29 is 9.47 Å². The molecule has 0 aliphatic rings. The highest BCUT2D eigenvalue weighted by Gasteiger charge is 2.10. The summed E-state index contributed by atoms with van der Waals surface area (Å²) in [4.78, 5) is 0. The maximum atomic E-state index is 5.60. The van der Waals surface area contributed by atoms with E-state index in [4.69, 9.17) is 9.47 Å². The average molecular weight is 212 g/mol. The predicted octanol–water partition coefficient (Wildman–Crippen LogP) is 3.54. The fourth-order valence-corrected chi connectivity index (χ4v) is 1.09. The smallest absolute Gasteiger partial charge is 0.158 e. The van der Waals surface area contributed by atoms with Crippen LogP contribution < -0.4 is 0 Å². The highest BCUT2D eigenvalue weighted by molar-refractivity contribution is 4.77. The molecule has 2 heteroatoms. The summed E-state index contributed by atoms with van der Waals surface area (Å²) in [5.74, 6) is 0.589. The van der Waals surface area contributed by atoms with Crippen LogP contribution in [-0.4, -0.2) is 19.5 Å². The van der Waals surface area contributed by atoms with Crippen molar-refractivity contribution in [2.75, 3.05) is 13.2 Å². The van der Waals surface area contributed by atoms with Gasteiger partial charge in [-0.25, -0.2) is 0 Å². The van der Waals surface area contributed by atoms with Crippen LogP contribution in [0.3, 0.4) is 0 Å². The Labute approximate surface area is 94.0 Å². The molecule has 0 aromatic heterocycles. The van der Waals surface area contributed by atoms with Gasteiger partial charge in [-0.05, 0) is 19.8 Å². The molecule has 0 saturated heterocycles. The van der Waals surface area contributed by atoms with Crippen LogP contribution in [0, 0.1) is 5.92 Å². The Hall–Kier alpha value is -0.600. The number of allylic oxidation sites excluding steroid dienone is 2. The van der Waals surface area contributed by atoms with E-state index in [0.29, 0.717) is 19.1 Å². The van der Waals surface area contributed by atoms with Crippen LogP contribution in [0.5, 0.6) is 0 Å². The van der Waals surface area contributed by atoms with Crippen LogP contribution in [0.2, 0.25) is 0 Å². The molecule has 0 amide bonds. The second-order valence-corrected chi connectivity index (χ2v) is 3.86. The molecule has 15 heavy (non-hydrogen) atoms. The van der Waals surface area contributed by atoms with Gasteiger partial charge in [0.2, 0.25) is 0 Å². The van der Waals surface area contributed by atoms with Gasteiger partial charge in [0, 0.05) is 6.42 Å². The highest BCUT2D eigenvalue weighted by atomic mass is 16.7. The van der Waals surface area contributed by atoms with Gasteiger partial charge in [0.05, 0.1) is 13.2 Å². The molecular weight excluding hydrogens is 188 g/mol. The first kappa shape index (κ1) is 14.4. The summed E-state index contributed by atoms with van der Waals surface area (Å²) in [5, 5.41) is 0. The molecule has 0 heterocycles. The minimum absolute atomic E-state index is 0.0857. The van der Waals surface area contributed by atoms with E-state index in [1.165, 1.54) is 0 Å². The summed E-state index contributed by atoms with van der Waals surface area (Å²) in [5.41, 5.74) is 0. The molecule has 88 valence electrons. The summed E-state index contributed by atoms with van der Waals surface area (Å²) >= 11 is 0. The SMILES string of the molecule is CC=CCOC(CC(C)C)OCC=CC. The molecule has 0 unspecified atom stereocenters. The monoisotopic (exact) mass is 212 g/mol. The van der Waals surface area contributed by atoms with Gasteiger partial charge in [-0.15, -0.1) is 0 Å². The molecule has 0 aromatic rings. The molecule has 0 atom stereocenters. The third-order valence-electron chi connectivity index (χ3n) is 1.89. The molecule has 0 saturated carbocycles. The van der Waals surface area contributed by atoms with Gasteiger partial charge in [-0.2, -0.15) is 0 Å². The van der Waals surface area contributed by atoms with Crippen molar-refractivity contribution in [3.8, 4) is 0 Å². The molecule has 0 radical (unpaired) electrons. The fraction of sp³-hybridized carbons (Fsp3) is 0.692. The third kappa shape index (κ3) is 9.70. The Kier molecular flexibility index (Phi) is 9.54. The second-order valence-electron chi connectivity index (χ2n) is 3.86. The van der Waals surface area contributed by atoms with Crippen molar-refractivity contribution >= 4 is 0 Å². The van der Waals surface area contributed by atoms with Crippen LogP contribution >= 0.6 is 0 Å². The van der Waals surface area contributed by atoms with Gasteiger partial charge in [-0.1, -0.05) is 38.2 Å². The number of hydrogen-bond acceptors (Lipinski definition) is 2. The lowest BCUT2D eigenvalue weighted by molar-refractivity contribution is -0.135.